The molecule has 3 rings (SSSR count). The number of aliphatic hydroxyl groups excluding tert-OH is 1. The van der Waals surface area contributed by atoms with Crippen LogP contribution in [0.25, 0.3) is 0 Å². The van der Waals surface area contributed by atoms with Gasteiger partial charge >= 0.3 is 0 Å². The van der Waals surface area contributed by atoms with Gasteiger partial charge in [-0.3, -0.25) is 4.98 Å². The van der Waals surface area contributed by atoms with E-state index in [0.717, 1.165) is 29.6 Å². The van der Waals surface area contributed by atoms with Crippen LogP contribution >= 0.6 is 15.9 Å². The molecule has 0 radical (unpaired) electrons. The highest BCUT2D eigenvalue weighted by Crippen LogP contribution is 2.49. The lowest BCUT2D eigenvalue weighted by atomic mass is 9.76. The topological polar surface area (TPSA) is 42.4 Å². The molecule has 2 heterocycles. The molecular weight excluding hydrogens is 294 g/mol. The molecule has 2 unspecified atom stereocenters. The highest BCUT2D eigenvalue weighted by molar-refractivity contribution is 9.10. The number of hydrogen-bond acceptors (Lipinski definition) is 3. The van der Waals surface area contributed by atoms with E-state index < -0.39 is 0 Å². The molecule has 2 fully saturated rings. The van der Waals surface area contributed by atoms with Crippen molar-refractivity contribution in [2.24, 2.45) is 11.3 Å². The Morgan fingerprint density at radius 2 is 2.28 bits per heavy atom. The molecule has 1 aromatic rings. The second-order valence-corrected chi connectivity index (χ2v) is 6.46. The Labute approximate surface area is 116 Å². The van der Waals surface area contributed by atoms with Gasteiger partial charge in [0, 0.05) is 34.8 Å². The molecule has 0 bridgehead atoms. The Morgan fingerprint density at radius 1 is 1.44 bits per heavy atom. The van der Waals surface area contributed by atoms with Gasteiger partial charge in [0.15, 0.2) is 0 Å². The number of aliphatic hydroxyl groups is 1. The van der Waals surface area contributed by atoms with Gasteiger partial charge in [-0.05, 0) is 53.2 Å². The summed E-state index contributed by atoms with van der Waals surface area (Å²) in [6.07, 6.45) is 6.32. The average molecular weight is 312 g/mol. The Kier molecular flexibility index (Phi) is 3.43. The van der Waals surface area contributed by atoms with Crippen LogP contribution < -0.4 is 0 Å². The van der Waals surface area contributed by atoms with E-state index in [1.807, 2.05) is 18.3 Å². The third kappa shape index (κ3) is 2.33. The fraction of sp³-hybridized carbons (Fsp3) is 0.643. The minimum absolute atomic E-state index is 0.109. The van der Waals surface area contributed by atoms with Crippen molar-refractivity contribution in [1.29, 1.82) is 0 Å². The number of hydrogen-bond donors (Lipinski definition) is 1. The van der Waals surface area contributed by atoms with Crippen LogP contribution in [-0.4, -0.2) is 29.4 Å². The van der Waals surface area contributed by atoms with E-state index >= 15 is 0 Å². The number of ether oxygens (including phenoxy) is 1. The summed E-state index contributed by atoms with van der Waals surface area (Å²) in [5.74, 6) is 0.662. The van der Waals surface area contributed by atoms with Crippen LogP contribution in [-0.2, 0) is 11.2 Å². The van der Waals surface area contributed by atoms with E-state index in [2.05, 4.69) is 20.9 Å². The number of pyridine rings is 1. The Morgan fingerprint density at radius 3 is 2.89 bits per heavy atom. The van der Waals surface area contributed by atoms with E-state index in [4.69, 9.17) is 4.74 Å². The molecule has 0 aromatic carbocycles. The minimum atomic E-state index is -0.109. The molecule has 1 N–H and O–H groups in total. The molecule has 4 heteroatoms. The molecular formula is C14H18BrNO2. The molecule has 1 saturated heterocycles. The van der Waals surface area contributed by atoms with Gasteiger partial charge in [0.1, 0.15) is 0 Å². The van der Waals surface area contributed by atoms with Crippen molar-refractivity contribution in [3.8, 4) is 0 Å². The summed E-state index contributed by atoms with van der Waals surface area (Å²) in [6.45, 7) is 0.976. The Hall–Kier alpha value is -0.450. The van der Waals surface area contributed by atoms with E-state index in [9.17, 15) is 5.11 Å². The maximum Gasteiger partial charge on any atom is 0.0685 e. The van der Waals surface area contributed by atoms with Crippen molar-refractivity contribution in [1.82, 2.24) is 4.98 Å². The normalized spacial score (nSPS) is 31.8. The van der Waals surface area contributed by atoms with Crippen LogP contribution in [0, 0.1) is 11.3 Å². The van der Waals surface area contributed by atoms with Gasteiger partial charge in [0.05, 0.1) is 12.7 Å². The summed E-state index contributed by atoms with van der Waals surface area (Å²) in [6, 6.07) is 4.04. The molecule has 18 heavy (non-hydrogen) atoms. The third-order valence-corrected chi connectivity index (χ3v) is 4.66. The summed E-state index contributed by atoms with van der Waals surface area (Å²) in [7, 11) is 0. The Bertz CT molecular complexity index is 418. The van der Waals surface area contributed by atoms with Gasteiger partial charge in [-0.2, -0.15) is 0 Å². The van der Waals surface area contributed by atoms with Gasteiger partial charge in [0.25, 0.3) is 0 Å². The molecule has 98 valence electrons. The highest BCUT2D eigenvalue weighted by Gasteiger charge is 2.50. The summed E-state index contributed by atoms with van der Waals surface area (Å²) >= 11 is 3.40. The molecule has 3 nitrogen and oxygen atoms in total. The first-order valence-corrected chi connectivity index (χ1v) is 7.36. The first-order chi connectivity index (χ1) is 8.73. The SMILES string of the molecule is OCC1(Cc2ccc(Br)cn2)CCOC1C1CC1. The maximum atomic E-state index is 9.86. The van der Waals surface area contributed by atoms with Gasteiger partial charge in [-0.15, -0.1) is 0 Å². The van der Waals surface area contributed by atoms with Crippen molar-refractivity contribution >= 4 is 15.9 Å². The first-order valence-electron chi connectivity index (χ1n) is 6.56. The van der Waals surface area contributed by atoms with Gasteiger partial charge < -0.3 is 9.84 Å². The standard InChI is InChI=1S/C14H18BrNO2/c15-11-3-4-12(16-8-11)7-14(9-17)5-6-18-13(14)10-1-2-10/h3-4,8,10,13,17H,1-2,5-7,9H2. The molecule has 1 aliphatic carbocycles. The fourth-order valence-electron chi connectivity index (χ4n) is 3.03. The van der Waals surface area contributed by atoms with Crippen LogP contribution in [0.4, 0.5) is 0 Å². The van der Waals surface area contributed by atoms with Crippen LogP contribution in [0.1, 0.15) is 25.0 Å². The smallest absolute Gasteiger partial charge is 0.0685 e. The van der Waals surface area contributed by atoms with Gasteiger partial charge in [-0.25, -0.2) is 0 Å². The third-order valence-electron chi connectivity index (χ3n) is 4.19. The van der Waals surface area contributed by atoms with Crippen molar-refractivity contribution in [3.05, 3.63) is 28.5 Å². The van der Waals surface area contributed by atoms with Crippen LogP contribution in [0.3, 0.4) is 0 Å². The lowest BCUT2D eigenvalue weighted by Gasteiger charge is -2.32. The summed E-state index contributed by atoms with van der Waals surface area (Å²) in [5, 5.41) is 9.86. The second-order valence-electron chi connectivity index (χ2n) is 5.54. The van der Waals surface area contributed by atoms with E-state index in [1.165, 1.54) is 12.8 Å². The minimum Gasteiger partial charge on any atom is -0.396 e. The highest BCUT2D eigenvalue weighted by atomic mass is 79.9. The fourth-order valence-corrected chi connectivity index (χ4v) is 3.26. The monoisotopic (exact) mass is 311 g/mol. The summed E-state index contributed by atoms with van der Waals surface area (Å²) in [5.41, 5.74) is 0.936. The van der Waals surface area contributed by atoms with Crippen molar-refractivity contribution in [3.63, 3.8) is 0 Å². The van der Waals surface area contributed by atoms with Crippen molar-refractivity contribution in [2.75, 3.05) is 13.2 Å². The van der Waals surface area contributed by atoms with Gasteiger partial charge in [0.2, 0.25) is 0 Å². The zero-order chi connectivity index (χ0) is 12.6. The molecule has 1 aromatic heterocycles. The molecule has 2 aliphatic rings. The predicted octanol–water partition coefficient (Wildman–Crippen LogP) is 2.56. The number of nitrogens with zero attached hydrogens (tertiary/aromatic N) is 1. The van der Waals surface area contributed by atoms with E-state index in [1.54, 1.807) is 0 Å². The summed E-state index contributed by atoms with van der Waals surface area (Å²) < 4.78 is 6.87. The number of rotatable bonds is 4. The van der Waals surface area contributed by atoms with Crippen LogP contribution in [0.5, 0.6) is 0 Å². The quantitative estimate of drug-likeness (QED) is 0.929. The molecule has 2 atom stereocenters. The molecule has 0 spiro atoms. The molecule has 1 aliphatic heterocycles. The molecule has 0 amide bonds. The lowest BCUT2D eigenvalue weighted by molar-refractivity contribution is 0.000101. The van der Waals surface area contributed by atoms with E-state index in [-0.39, 0.29) is 18.1 Å². The zero-order valence-corrected chi connectivity index (χ0v) is 11.9. The zero-order valence-electron chi connectivity index (χ0n) is 10.3. The average Bonchev–Trinajstić information content (AvgIpc) is 3.14. The summed E-state index contributed by atoms with van der Waals surface area (Å²) in [4.78, 5) is 4.44. The predicted molar refractivity (Wildman–Crippen MR) is 72.2 cm³/mol. The first kappa shape index (κ1) is 12.6. The largest absolute Gasteiger partial charge is 0.396 e. The van der Waals surface area contributed by atoms with Crippen LogP contribution in [0.2, 0.25) is 0 Å². The number of halogens is 1. The lowest BCUT2D eigenvalue weighted by Crippen LogP contribution is -2.38. The van der Waals surface area contributed by atoms with Crippen molar-refractivity contribution in [2.45, 2.75) is 31.8 Å². The van der Waals surface area contributed by atoms with Crippen molar-refractivity contribution < 1.29 is 9.84 Å². The second kappa shape index (κ2) is 4.91. The number of aromatic nitrogens is 1. The van der Waals surface area contributed by atoms with E-state index in [0.29, 0.717) is 5.92 Å². The van der Waals surface area contributed by atoms with Crippen LogP contribution in [0.15, 0.2) is 22.8 Å². The maximum absolute atomic E-state index is 9.86. The molecule has 1 saturated carbocycles. The Balaban J connectivity index is 1.80. The van der Waals surface area contributed by atoms with Gasteiger partial charge in [-0.1, -0.05) is 0 Å².